The number of fused-ring (bicyclic) bond motifs is 1. The number of ether oxygens (including phenoxy) is 1. The average molecular weight is 528 g/mol. The van der Waals surface area contributed by atoms with Gasteiger partial charge in [0, 0.05) is 6.54 Å². The van der Waals surface area contributed by atoms with Crippen molar-refractivity contribution in [2.24, 2.45) is 0 Å². The van der Waals surface area contributed by atoms with Crippen LogP contribution in [-0.4, -0.2) is 99.6 Å². The summed E-state index contributed by atoms with van der Waals surface area (Å²) in [4.78, 5) is 31.3. The summed E-state index contributed by atoms with van der Waals surface area (Å²) in [6, 6.07) is 0. The fourth-order valence-electron chi connectivity index (χ4n) is 3.42. The quantitative estimate of drug-likeness (QED) is 0.158. The van der Waals surface area contributed by atoms with E-state index in [1.54, 1.807) is 0 Å². The summed E-state index contributed by atoms with van der Waals surface area (Å²) in [5, 5.41) is 42.1. The van der Waals surface area contributed by atoms with Crippen LogP contribution in [-0.2, 0) is 27.2 Å². The maximum Gasteiger partial charge on any atom is 0.482 e. The Morgan fingerprint density at radius 3 is 2.53 bits per heavy atom. The summed E-state index contributed by atoms with van der Waals surface area (Å²) in [7, 11) is -10.5. The minimum atomic E-state index is -5.27. The molecule has 0 bridgehead atoms. The van der Waals surface area contributed by atoms with Crippen molar-refractivity contribution in [3.63, 3.8) is 0 Å². The molecule has 190 valence electrons. The molecule has 6 unspecified atom stereocenters. The van der Waals surface area contributed by atoms with E-state index in [-0.39, 0.29) is 23.5 Å². The molecule has 2 aliphatic rings. The number of aromatic nitrogens is 4. The van der Waals surface area contributed by atoms with Gasteiger partial charge in [-0.05, 0) is 0 Å². The Hall–Kier alpha value is -1.63. The van der Waals surface area contributed by atoms with E-state index in [0.717, 1.165) is 6.33 Å². The van der Waals surface area contributed by atoms with Crippen LogP contribution in [0.5, 0.6) is 0 Å². The highest BCUT2D eigenvalue weighted by Crippen LogP contribution is 2.61. The number of nitrogens with zero attached hydrogens (tertiary/aromatic N) is 4. The number of aliphatic hydroxyl groups is 4. The second kappa shape index (κ2) is 9.44. The first-order valence-corrected chi connectivity index (χ1v) is 12.6. The Kier molecular flexibility index (Phi) is 7.07. The lowest BCUT2D eigenvalue weighted by Gasteiger charge is -2.22. The van der Waals surface area contributed by atoms with Crippen molar-refractivity contribution in [1.82, 2.24) is 24.8 Å². The van der Waals surface area contributed by atoms with Crippen LogP contribution in [0.1, 0.15) is 6.23 Å². The van der Waals surface area contributed by atoms with E-state index in [2.05, 4.69) is 33.6 Å². The van der Waals surface area contributed by atoms with E-state index in [9.17, 15) is 39.3 Å². The highest BCUT2D eigenvalue weighted by atomic mass is 31.3. The smallest absolute Gasteiger partial charge is 0.389 e. The second-order valence-corrected chi connectivity index (χ2v) is 10.4. The van der Waals surface area contributed by atoms with Crippen LogP contribution in [0.25, 0.3) is 11.2 Å². The number of rotatable bonds is 8. The molecule has 2 aromatic rings. The summed E-state index contributed by atoms with van der Waals surface area (Å²) < 4.78 is 44.3. The third kappa shape index (κ3) is 5.14. The average Bonchev–Trinajstić information content (AvgIpc) is 3.39. The molecule has 0 aromatic carbocycles. The standard InChI is InChI=1S/C14H22N6O12P2/c15-11-7-12(18-3-17-11)20(4-19-7)14-10(24)9(23)6(30-14)2-29-33(25,26)32-34(27,28)31-13-8(22)5(21)1-16-13/h3-6,8-10,13-14,16,21-24H,1-2H2,(H,25,26)(H,27,28)(H2,15,17,18)/t5?,6-,8?,9?,10?,13-,14-/m1/s1. The van der Waals surface area contributed by atoms with Crippen molar-refractivity contribution in [2.75, 3.05) is 18.9 Å². The Morgan fingerprint density at radius 1 is 1.12 bits per heavy atom. The maximum atomic E-state index is 12.1. The Balaban J connectivity index is 1.38. The fraction of sp³-hybridized carbons (Fsp3) is 0.643. The summed E-state index contributed by atoms with van der Waals surface area (Å²) in [6.07, 6.45) is -7.83. The molecule has 0 spiro atoms. The molecule has 4 heterocycles. The molecule has 9 atom stereocenters. The van der Waals surface area contributed by atoms with Gasteiger partial charge in [0.2, 0.25) is 0 Å². The van der Waals surface area contributed by atoms with E-state index in [1.165, 1.54) is 10.9 Å². The number of anilines is 1. The highest BCUT2D eigenvalue weighted by Gasteiger charge is 2.47. The maximum absolute atomic E-state index is 12.1. The lowest BCUT2D eigenvalue weighted by molar-refractivity contribution is -0.0510. The fourth-order valence-corrected chi connectivity index (χ4v) is 5.62. The van der Waals surface area contributed by atoms with E-state index < -0.39 is 65.2 Å². The van der Waals surface area contributed by atoms with Gasteiger partial charge in [-0.1, -0.05) is 0 Å². The van der Waals surface area contributed by atoms with Crippen LogP contribution in [0.2, 0.25) is 0 Å². The van der Waals surface area contributed by atoms with Gasteiger partial charge in [0.1, 0.15) is 42.5 Å². The summed E-state index contributed by atoms with van der Waals surface area (Å²) in [6.45, 7) is -1.01. The summed E-state index contributed by atoms with van der Waals surface area (Å²) in [5.41, 5.74) is 6.12. The van der Waals surface area contributed by atoms with Crippen LogP contribution in [0.3, 0.4) is 0 Å². The van der Waals surface area contributed by atoms with Crippen molar-refractivity contribution in [1.29, 1.82) is 0 Å². The molecule has 2 aliphatic heterocycles. The summed E-state index contributed by atoms with van der Waals surface area (Å²) >= 11 is 0. The summed E-state index contributed by atoms with van der Waals surface area (Å²) in [5.74, 6) is 0.0699. The van der Waals surface area contributed by atoms with E-state index in [1.807, 2.05) is 0 Å². The van der Waals surface area contributed by atoms with Crippen molar-refractivity contribution >= 4 is 32.6 Å². The third-order valence-electron chi connectivity index (χ3n) is 5.09. The number of nitrogens with two attached hydrogens (primary N) is 1. The van der Waals surface area contributed by atoms with Gasteiger partial charge in [-0.25, -0.2) is 24.1 Å². The first-order chi connectivity index (χ1) is 15.9. The van der Waals surface area contributed by atoms with Crippen LogP contribution < -0.4 is 11.1 Å². The Morgan fingerprint density at radius 2 is 1.85 bits per heavy atom. The molecule has 0 amide bonds. The van der Waals surface area contributed by atoms with Gasteiger partial charge in [0.05, 0.1) is 19.0 Å². The van der Waals surface area contributed by atoms with E-state index in [0.29, 0.717) is 0 Å². The van der Waals surface area contributed by atoms with Crippen LogP contribution in [0.4, 0.5) is 5.82 Å². The topological polar surface area (TPSA) is 274 Å². The number of nitrogen functional groups attached to an aromatic ring is 1. The monoisotopic (exact) mass is 528 g/mol. The van der Waals surface area contributed by atoms with Gasteiger partial charge in [0.25, 0.3) is 0 Å². The number of imidazole rings is 1. The lowest BCUT2D eigenvalue weighted by Crippen LogP contribution is -2.34. The predicted molar refractivity (Wildman–Crippen MR) is 107 cm³/mol. The Bertz CT molecular complexity index is 1140. The SMILES string of the molecule is Nc1ncnc2c1ncn2[C@@H]1O[C@H](COP(=O)(O)OP(=O)(O)O[C@H]2NCC(O)C2O)C(O)C1O. The van der Waals surface area contributed by atoms with E-state index in [4.69, 9.17) is 10.5 Å². The van der Waals surface area contributed by atoms with Crippen molar-refractivity contribution in [3.05, 3.63) is 12.7 Å². The number of phosphoric acid groups is 2. The van der Waals surface area contributed by atoms with E-state index >= 15 is 0 Å². The first-order valence-electron chi connectivity index (χ1n) is 9.62. The minimum Gasteiger partial charge on any atom is -0.389 e. The van der Waals surface area contributed by atoms with Crippen LogP contribution in [0, 0.1) is 0 Å². The van der Waals surface area contributed by atoms with Crippen molar-refractivity contribution in [3.8, 4) is 0 Å². The van der Waals surface area contributed by atoms with Gasteiger partial charge in [-0.2, -0.15) is 4.31 Å². The number of hydrogen-bond acceptors (Lipinski definition) is 15. The molecular formula is C14H22N6O12P2. The minimum absolute atomic E-state index is 0.0699. The molecule has 2 aromatic heterocycles. The molecule has 2 saturated heterocycles. The van der Waals surface area contributed by atoms with Crippen molar-refractivity contribution in [2.45, 2.75) is 43.0 Å². The molecule has 0 saturated carbocycles. The number of phosphoric ester groups is 2. The second-order valence-electron chi connectivity index (χ2n) is 7.44. The zero-order valence-electron chi connectivity index (χ0n) is 17.0. The molecule has 34 heavy (non-hydrogen) atoms. The molecule has 4 rings (SSSR count). The molecule has 20 heteroatoms. The Labute approximate surface area is 190 Å². The van der Waals surface area contributed by atoms with Gasteiger partial charge < -0.3 is 40.7 Å². The first kappa shape index (κ1) is 25.5. The highest BCUT2D eigenvalue weighted by molar-refractivity contribution is 7.61. The molecular weight excluding hydrogens is 506 g/mol. The number of β-amino-alcohol motifs (C(OH)–C–C–N with tert-alkyl or cyclic N) is 1. The van der Waals surface area contributed by atoms with Crippen LogP contribution >= 0.6 is 15.6 Å². The van der Waals surface area contributed by atoms with Gasteiger partial charge in [0.15, 0.2) is 17.7 Å². The molecule has 18 nitrogen and oxygen atoms in total. The molecule has 0 aliphatic carbocycles. The zero-order chi connectivity index (χ0) is 24.8. The van der Waals surface area contributed by atoms with Gasteiger partial charge >= 0.3 is 15.6 Å². The normalized spacial score (nSPS) is 35.4. The molecule has 2 fully saturated rings. The van der Waals surface area contributed by atoms with Gasteiger partial charge in [-0.15, -0.1) is 0 Å². The molecule has 0 radical (unpaired) electrons. The lowest BCUT2D eigenvalue weighted by atomic mass is 10.1. The van der Waals surface area contributed by atoms with Crippen LogP contribution in [0.15, 0.2) is 12.7 Å². The number of hydrogen-bond donors (Lipinski definition) is 8. The van der Waals surface area contributed by atoms with Gasteiger partial charge in [-0.3, -0.25) is 18.9 Å². The number of nitrogens with one attached hydrogen (secondary N) is 1. The zero-order valence-corrected chi connectivity index (χ0v) is 18.8. The van der Waals surface area contributed by atoms with Crippen molar-refractivity contribution < 1.29 is 57.4 Å². The third-order valence-corrected chi connectivity index (χ3v) is 7.71. The molecule has 9 N–H and O–H groups in total. The predicted octanol–water partition coefficient (Wildman–Crippen LogP) is -3.07. The largest absolute Gasteiger partial charge is 0.482 e. The number of aliphatic hydroxyl groups excluding tert-OH is 4.